The maximum atomic E-state index is 12.6. The molecule has 0 spiro atoms. The Labute approximate surface area is 133 Å². The molecule has 1 heterocycles. The van der Waals surface area contributed by atoms with Crippen LogP contribution in [0.15, 0.2) is 35.2 Å². The summed E-state index contributed by atoms with van der Waals surface area (Å²) in [6.07, 6.45) is 1.11. The fourth-order valence-corrected chi connectivity index (χ4v) is 6.53. The Hall–Kier alpha value is -0.920. The number of piperidine rings is 1. The molecule has 0 unspecified atom stereocenters. The molecule has 0 bridgehead atoms. The molecule has 1 saturated heterocycles. The lowest BCUT2D eigenvalue weighted by Crippen LogP contribution is -2.46. The van der Waals surface area contributed by atoms with E-state index in [9.17, 15) is 16.8 Å². The third-order valence-corrected chi connectivity index (χ3v) is 8.21. The zero-order valence-electron chi connectivity index (χ0n) is 13.0. The van der Waals surface area contributed by atoms with Crippen molar-refractivity contribution in [2.75, 3.05) is 18.8 Å². The van der Waals surface area contributed by atoms with Gasteiger partial charge in [0.2, 0.25) is 10.0 Å². The van der Waals surface area contributed by atoms with Crippen molar-refractivity contribution in [3.05, 3.63) is 30.3 Å². The Morgan fingerprint density at radius 1 is 1.14 bits per heavy atom. The summed E-state index contributed by atoms with van der Waals surface area (Å²) in [5.74, 6) is 0.155. The summed E-state index contributed by atoms with van der Waals surface area (Å²) in [4.78, 5) is 0.219. The molecule has 0 radical (unpaired) electrons. The summed E-state index contributed by atoms with van der Waals surface area (Å²) >= 11 is 0. The van der Waals surface area contributed by atoms with E-state index in [1.54, 1.807) is 30.3 Å². The molecule has 124 valence electrons. The van der Waals surface area contributed by atoms with Crippen molar-refractivity contribution in [1.29, 1.82) is 0 Å². The summed E-state index contributed by atoms with van der Waals surface area (Å²) in [7, 11) is -6.88. The molecule has 1 aromatic rings. The van der Waals surface area contributed by atoms with Crippen LogP contribution in [0.3, 0.4) is 0 Å². The minimum Gasteiger partial charge on any atom is -0.228 e. The minimum absolute atomic E-state index is 0.0473. The Bertz CT molecular complexity index is 696. The van der Waals surface area contributed by atoms with Gasteiger partial charge in [-0.2, -0.15) is 4.31 Å². The molecule has 0 amide bonds. The van der Waals surface area contributed by atoms with E-state index in [0.717, 1.165) is 0 Å². The van der Waals surface area contributed by atoms with Crippen LogP contribution in [0.4, 0.5) is 0 Å². The van der Waals surface area contributed by atoms with Crippen LogP contribution in [-0.4, -0.2) is 45.2 Å². The molecule has 1 fully saturated rings. The van der Waals surface area contributed by atoms with E-state index in [-0.39, 0.29) is 23.1 Å². The Balaban J connectivity index is 2.21. The Morgan fingerprint density at radius 3 is 2.36 bits per heavy atom. The fourth-order valence-electron chi connectivity index (χ4n) is 2.76. The summed E-state index contributed by atoms with van der Waals surface area (Å²) in [5.41, 5.74) is 0. The summed E-state index contributed by atoms with van der Waals surface area (Å²) in [5, 5.41) is -0.595. The molecule has 5 nitrogen and oxygen atoms in total. The first kappa shape index (κ1) is 17.4. The maximum absolute atomic E-state index is 12.6. The molecule has 1 aliphatic rings. The molecule has 0 N–H and O–H groups in total. The van der Waals surface area contributed by atoms with E-state index >= 15 is 0 Å². The molecule has 0 aromatic heterocycles. The second kappa shape index (κ2) is 6.68. The van der Waals surface area contributed by atoms with Gasteiger partial charge in [-0.3, -0.25) is 0 Å². The van der Waals surface area contributed by atoms with Crippen molar-refractivity contribution in [3.63, 3.8) is 0 Å². The molecule has 1 atom stereocenters. The van der Waals surface area contributed by atoms with Gasteiger partial charge in [0, 0.05) is 13.1 Å². The molecular formula is C15H23NO4S2. The van der Waals surface area contributed by atoms with Gasteiger partial charge in [0.1, 0.15) is 0 Å². The summed E-state index contributed by atoms with van der Waals surface area (Å²) in [6, 6.07) is 8.18. The van der Waals surface area contributed by atoms with E-state index in [4.69, 9.17) is 0 Å². The van der Waals surface area contributed by atoms with Gasteiger partial charge in [-0.1, -0.05) is 32.0 Å². The zero-order valence-corrected chi connectivity index (χ0v) is 14.6. The minimum atomic E-state index is -3.61. The third-order valence-electron chi connectivity index (χ3n) is 3.80. The number of nitrogens with zero attached hydrogens (tertiary/aromatic N) is 1. The molecule has 7 heteroatoms. The number of sulfone groups is 1. The highest BCUT2D eigenvalue weighted by molar-refractivity contribution is 7.92. The number of rotatable bonds is 5. The fraction of sp³-hybridized carbons (Fsp3) is 0.600. The van der Waals surface area contributed by atoms with Crippen molar-refractivity contribution < 1.29 is 16.8 Å². The van der Waals surface area contributed by atoms with E-state index in [2.05, 4.69) is 0 Å². The second-order valence-electron chi connectivity index (χ2n) is 6.16. The topological polar surface area (TPSA) is 71.5 Å². The first-order valence-electron chi connectivity index (χ1n) is 7.50. The van der Waals surface area contributed by atoms with Gasteiger partial charge in [-0.25, -0.2) is 16.8 Å². The highest BCUT2D eigenvalue weighted by atomic mass is 32.2. The third kappa shape index (κ3) is 3.88. The molecule has 0 aliphatic carbocycles. The Morgan fingerprint density at radius 2 is 1.77 bits per heavy atom. The van der Waals surface area contributed by atoms with Gasteiger partial charge in [-0.05, 0) is 30.9 Å². The van der Waals surface area contributed by atoms with Crippen molar-refractivity contribution in [1.82, 2.24) is 4.31 Å². The first-order chi connectivity index (χ1) is 10.2. The SMILES string of the molecule is CC(C)CS(=O)(=O)[C@H]1CCCN(S(=O)(=O)c2ccccc2)C1. The Kier molecular flexibility index (Phi) is 5.29. The maximum Gasteiger partial charge on any atom is 0.243 e. The van der Waals surface area contributed by atoms with Gasteiger partial charge in [0.15, 0.2) is 9.84 Å². The van der Waals surface area contributed by atoms with Crippen LogP contribution in [0.5, 0.6) is 0 Å². The summed E-state index contributed by atoms with van der Waals surface area (Å²) < 4.78 is 51.3. The first-order valence-corrected chi connectivity index (χ1v) is 10.7. The average molecular weight is 345 g/mol. The van der Waals surface area contributed by atoms with Gasteiger partial charge >= 0.3 is 0 Å². The van der Waals surface area contributed by atoms with Crippen molar-refractivity contribution >= 4 is 19.9 Å². The second-order valence-corrected chi connectivity index (χ2v) is 10.4. The summed E-state index contributed by atoms with van der Waals surface area (Å²) in [6.45, 7) is 4.16. The quantitative estimate of drug-likeness (QED) is 0.817. The number of hydrogen-bond donors (Lipinski definition) is 0. The predicted molar refractivity (Wildman–Crippen MR) is 86.8 cm³/mol. The smallest absolute Gasteiger partial charge is 0.228 e. The largest absolute Gasteiger partial charge is 0.243 e. The molecular weight excluding hydrogens is 322 g/mol. The van der Waals surface area contributed by atoms with Crippen LogP contribution in [0, 0.1) is 5.92 Å². The van der Waals surface area contributed by atoms with Crippen LogP contribution in [0.25, 0.3) is 0 Å². The van der Waals surface area contributed by atoms with Gasteiger partial charge in [-0.15, -0.1) is 0 Å². The highest BCUT2D eigenvalue weighted by Crippen LogP contribution is 2.24. The van der Waals surface area contributed by atoms with E-state index < -0.39 is 25.1 Å². The van der Waals surface area contributed by atoms with Crippen molar-refractivity contribution in [2.45, 2.75) is 36.8 Å². The molecule has 1 aliphatic heterocycles. The predicted octanol–water partition coefficient (Wildman–Crippen LogP) is 1.91. The number of sulfonamides is 1. The van der Waals surface area contributed by atoms with E-state index in [0.29, 0.717) is 19.4 Å². The number of benzene rings is 1. The normalized spacial score (nSPS) is 21.1. The molecule has 2 rings (SSSR count). The van der Waals surface area contributed by atoms with Gasteiger partial charge in [0.25, 0.3) is 0 Å². The zero-order chi connectivity index (χ0) is 16.4. The lowest BCUT2D eigenvalue weighted by molar-refractivity contribution is 0.345. The van der Waals surface area contributed by atoms with Crippen molar-refractivity contribution in [2.24, 2.45) is 5.92 Å². The molecule has 22 heavy (non-hydrogen) atoms. The van der Waals surface area contributed by atoms with Gasteiger partial charge < -0.3 is 0 Å². The van der Waals surface area contributed by atoms with Gasteiger partial charge in [0.05, 0.1) is 15.9 Å². The van der Waals surface area contributed by atoms with Crippen molar-refractivity contribution in [3.8, 4) is 0 Å². The molecule has 0 saturated carbocycles. The average Bonchev–Trinajstić information content (AvgIpc) is 2.47. The standard InChI is InChI=1S/C15H23NO4S2/c1-13(2)12-21(17,18)15-9-6-10-16(11-15)22(19,20)14-7-4-3-5-8-14/h3-5,7-8,13,15H,6,9-12H2,1-2H3/t15-/m0/s1. The molecule has 1 aromatic carbocycles. The van der Waals surface area contributed by atoms with E-state index in [1.165, 1.54) is 4.31 Å². The van der Waals surface area contributed by atoms with Crippen LogP contribution < -0.4 is 0 Å². The lowest BCUT2D eigenvalue weighted by Gasteiger charge is -2.32. The van der Waals surface area contributed by atoms with Crippen LogP contribution in [0.2, 0.25) is 0 Å². The highest BCUT2D eigenvalue weighted by Gasteiger charge is 2.36. The van der Waals surface area contributed by atoms with Crippen LogP contribution in [0.1, 0.15) is 26.7 Å². The van der Waals surface area contributed by atoms with E-state index in [1.807, 2.05) is 13.8 Å². The monoisotopic (exact) mass is 345 g/mol. The lowest BCUT2D eigenvalue weighted by atomic mass is 10.2. The van der Waals surface area contributed by atoms with Crippen LogP contribution >= 0.6 is 0 Å². The number of hydrogen-bond acceptors (Lipinski definition) is 4. The van der Waals surface area contributed by atoms with Crippen LogP contribution in [-0.2, 0) is 19.9 Å².